The molecule has 1 heterocycles. The van der Waals surface area contributed by atoms with E-state index in [9.17, 15) is 9.59 Å². The second-order valence-corrected chi connectivity index (χ2v) is 6.28. The van der Waals surface area contributed by atoms with Crippen LogP contribution in [0.5, 0.6) is 11.5 Å². The second kappa shape index (κ2) is 8.18. The fraction of sp³-hybridized carbons (Fsp3) is 0.263. The van der Waals surface area contributed by atoms with Gasteiger partial charge >= 0.3 is 5.76 Å². The minimum atomic E-state index is -0.514. The SMILES string of the molecule is COc1ccc(CNC(=O)CCn2c(=O)oc3cc(Cl)ccc32)cc1OC. The Bertz CT molecular complexity index is 1020. The van der Waals surface area contributed by atoms with Gasteiger partial charge in [-0.25, -0.2) is 4.79 Å². The van der Waals surface area contributed by atoms with Gasteiger partial charge in [-0.2, -0.15) is 0 Å². The van der Waals surface area contributed by atoms with Gasteiger partial charge in [-0.3, -0.25) is 9.36 Å². The number of nitrogens with zero attached hydrogens (tertiary/aromatic N) is 1. The number of nitrogens with one attached hydrogen (secondary N) is 1. The van der Waals surface area contributed by atoms with Crippen LogP contribution in [0.1, 0.15) is 12.0 Å². The van der Waals surface area contributed by atoms with Crippen molar-refractivity contribution in [2.45, 2.75) is 19.5 Å². The van der Waals surface area contributed by atoms with Gasteiger partial charge in [-0.15, -0.1) is 0 Å². The number of aromatic nitrogens is 1. The van der Waals surface area contributed by atoms with Gasteiger partial charge < -0.3 is 19.2 Å². The third-order valence-corrected chi connectivity index (χ3v) is 4.37. The molecule has 0 saturated heterocycles. The van der Waals surface area contributed by atoms with E-state index in [1.807, 2.05) is 6.07 Å². The van der Waals surface area contributed by atoms with E-state index in [4.69, 9.17) is 25.5 Å². The maximum Gasteiger partial charge on any atom is 0.419 e. The van der Waals surface area contributed by atoms with Crippen molar-refractivity contribution in [3.05, 3.63) is 57.5 Å². The summed E-state index contributed by atoms with van der Waals surface area (Å²) in [6.07, 6.45) is 0.143. The molecule has 0 unspecified atom stereocenters. The molecule has 8 heteroatoms. The van der Waals surface area contributed by atoms with E-state index in [0.717, 1.165) is 5.56 Å². The standard InChI is InChI=1S/C19H19ClN2O5/c1-25-15-6-3-12(9-17(15)26-2)11-21-18(23)7-8-22-14-5-4-13(20)10-16(14)27-19(22)24/h3-6,9-10H,7-8,11H2,1-2H3,(H,21,23). The Hall–Kier alpha value is -2.93. The Labute approximate surface area is 160 Å². The molecule has 0 aliphatic heterocycles. The van der Waals surface area contributed by atoms with E-state index in [1.165, 1.54) is 4.57 Å². The van der Waals surface area contributed by atoms with E-state index < -0.39 is 5.76 Å². The zero-order valence-electron chi connectivity index (χ0n) is 15.0. The third-order valence-electron chi connectivity index (χ3n) is 4.13. The van der Waals surface area contributed by atoms with Gasteiger partial charge in [0.15, 0.2) is 17.1 Å². The molecule has 7 nitrogen and oxygen atoms in total. The molecule has 0 aliphatic carbocycles. The third kappa shape index (κ3) is 4.25. The molecule has 1 aromatic heterocycles. The van der Waals surface area contributed by atoms with Crippen molar-refractivity contribution in [1.29, 1.82) is 0 Å². The van der Waals surface area contributed by atoms with Crippen molar-refractivity contribution in [2.75, 3.05) is 14.2 Å². The largest absolute Gasteiger partial charge is 0.493 e. The molecule has 0 spiro atoms. The van der Waals surface area contributed by atoms with Crippen LogP contribution in [0.2, 0.25) is 5.02 Å². The topological polar surface area (TPSA) is 82.7 Å². The number of carbonyl (C=O) groups excluding carboxylic acids is 1. The second-order valence-electron chi connectivity index (χ2n) is 5.85. The van der Waals surface area contributed by atoms with E-state index in [-0.39, 0.29) is 18.9 Å². The highest BCUT2D eigenvalue weighted by Crippen LogP contribution is 2.27. The minimum absolute atomic E-state index is 0.143. The Morgan fingerprint density at radius 1 is 1.15 bits per heavy atom. The van der Waals surface area contributed by atoms with Gasteiger partial charge in [-0.05, 0) is 29.8 Å². The maximum atomic E-state index is 12.2. The number of methoxy groups -OCH3 is 2. The first kappa shape index (κ1) is 18.8. The molecule has 2 aromatic carbocycles. The van der Waals surface area contributed by atoms with Gasteiger partial charge in [0.05, 0.1) is 19.7 Å². The Balaban J connectivity index is 1.61. The Morgan fingerprint density at radius 3 is 2.67 bits per heavy atom. The summed E-state index contributed by atoms with van der Waals surface area (Å²) in [4.78, 5) is 24.1. The highest BCUT2D eigenvalue weighted by molar-refractivity contribution is 6.31. The molecule has 0 aliphatic rings. The molecule has 0 bridgehead atoms. The quantitative estimate of drug-likeness (QED) is 0.670. The molecule has 0 saturated carbocycles. The molecule has 3 rings (SSSR count). The average Bonchev–Trinajstić information content (AvgIpc) is 2.98. The molecule has 1 amide bonds. The number of amides is 1. The fourth-order valence-corrected chi connectivity index (χ4v) is 2.91. The number of hydrogen-bond donors (Lipinski definition) is 1. The zero-order chi connectivity index (χ0) is 19.4. The van der Waals surface area contributed by atoms with Crippen molar-refractivity contribution < 1.29 is 18.7 Å². The van der Waals surface area contributed by atoms with Crippen molar-refractivity contribution in [1.82, 2.24) is 9.88 Å². The smallest absolute Gasteiger partial charge is 0.419 e. The summed E-state index contributed by atoms with van der Waals surface area (Å²) in [5.41, 5.74) is 1.89. The van der Waals surface area contributed by atoms with Crippen LogP contribution < -0.4 is 20.5 Å². The summed E-state index contributed by atoms with van der Waals surface area (Å²) in [6.45, 7) is 0.557. The highest BCUT2D eigenvalue weighted by Gasteiger charge is 2.12. The molecule has 0 fully saturated rings. The van der Waals surface area contributed by atoms with Crippen LogP contribution in [0.3, 0.4) is 0 Å². The number of halogens is 1. The van der Waals surface area contributed by atoms with Crippen molar-refractivity contribution in [3.8, 4) is 11.5 Å². The van der Waals surface area contributed by atoms with Crippen molar-refractivity contribution in [2.24, 2.45) is 0 Å². The summed E-state index contributed by atoms with van der Waals surface area (Å²) >= 11 is 5.90. The predicted molar refractivity (Wildman–Crippen MR) is 101 cm³/mol. The summed E-state index contributed by atoms with van der Waals surface area (Å²) in [6, 6.07) is 10.4. The van der Waals surface area contributed by atoms with E-state index >= 15 is 0 Å². The number of carbonyl (C=O) groups is 1. The molecular weight excluding hydrogens is 372 g/mol. The molecule has 0 radical (unpaired) electrons. The van der Waals surface area contributed by atoms with Crippen LogP contribution in [0.15, 0.2) is 45.6 Å². The number of ether oxygens (including phenoxy) is 2. The van der Waals surface area contributed by atoms with E-state index in [2.05, 4.69) is 5.32 Å². The lowest BCUT2D eigenvalue weighted by atomic mass is 10.2. The van der Waals surface area contributed by atoms with Gasteiger partial charge in [0.1, 0.15) is 0 Å². The maximum absolute atomic E-state index is 12.2. The molecule has 1 N–H and O–H groups in total. The van der Waals surface area contributed by atoms with Crippen LogP contribution >= 0.6 is 11.6 Å². The summed E-state index contributed by atoms with van der Waals surface area (Å²) in [5.74, 6) is 0.526. The van der Waals surface area contributed by atoms with Crippen LogP contribution in [0, 0.1) is 0 Å². The molecular formula is C19H19ClN2O5. The van der Waals surface area contributed by atoms with E-state index in [1.54, 1.807) is 44.6 Å². The van der Waals surface area contributed by atoms with Gasteiger partial charge in [0, 0.05) is 30.6 Å². The number of fused-ring (bicyclic) bond motifs is 1. The highest BCUT2D eigenvalue weighted by atomic mass is 35.5. The van der Waals surface area contributed by atoms with Gasteiger partial charge in [0.25, 0.3) is 0 Å². The predicted octanol–water partition coefficient (Wildman–Crippen LogP) is 2.97. The first-order valence-electron chi connectivity index (χ1n) is 8.28. The lowest BCUT2D eigenvalue weighted by Crippen LogP contribution is -2.25. The molecule has 3 aromatic rings. The number of aryl methyl sites for hydroxylation is 1. The summed E-state index contributed by atoms with van der Waals surface area (Å²) in [5, 5.41) is 3.31. The lowest BCUT2D eigenvalue weighted by Gasteiger charge is -2.10. The monoisotopic (exact) mass is 390 g/mol. The van der Waals surface area contributed by atoms with Crippen molar-refractivity contribution in [3.63, 3.8) is 0 Å². The summed E-state index contributed by atoms with van der Waals surface area (Å²) in [7, 11) is 3.12. The fourth-order valence-electron chi connectivity index (χ4n) is 2.74. The van der Waals surface area contributed by atoms with Crippen LogP contribution in [-0.2, 0) is 17.9 Å². The van der Waals surface area contributed by atoms with Crippen LogP contribution in [0.4, 0.5) is 0 Å². The Morgan fingerprint density at radius 2 is 1.93 bits per heavy atom. The molecule has 0 atom stereocenters. The first-order chi connectivity index (χ1) is 13.0. The summed E-state index contributed by atoms with van der Waals surface area (Å²) < 4.78 is 17.0. The van der Waals surface area contributed by atoms with Crippen LogP contribution in [0.25, 0.3) is 11.1 Å². The van der Waals surface area contributed by atoms with E-state index in [0.29, 0.717) is 34.2 Å². The number of hydrogen-bond acceptors (Lipinski definition) is 5. The average molecular weight is 391 g/mol. The first-order valence-corrected chi connectivity index (χ1v) is 8.66. The zero-order valence-corrected chi connectivity index (χ0v) is 15.7. The number of benzene rings is 2. The van der Waals surface area contributed by atoms with Gasteiger partial charge in [-0.1, -0.05) is 17.7 Å². The lowest BCUT2D eigenvalue weighted by molar-refractivity contribution is -0.121. The number of rotatable bonds is 7. The van der Waals surface area contributed by atoms with Gasteiger partial charge in [0.2, 0.25) is 5.91 Å². The normalized spacial score (nSPS) is 10.8. The van der Waals surface area contributed by atoms with Crippen LogP contribution in [-0.4, -0.2) is 24.7 Å². The Kier molecular flexibility index (Phi) is 5.71. The minimum Gasteiger partial charge on any atom is -0.493 e. The number of oxazole rings is 1. The molecule has 142 valence electrons. The van der Waals surface area contributed by atoms with Crippen molar-refractivity contribution >= 4 is 28.6 Å². The molecule has 27 heavy (non-hydrogen) atoms.